The number of ether oxygens (including phenoxy) is 3. The average Bonchev–Trinajstić information content (AvgIpc) is 2.76. The van der Waals surface area contributed by atoms with Crippen molar-refractivity contribution in [3.8, 4) is 11.5 Å². The molecule has 0 bridgehead atoms. The number of fused-ring (bicyclic) bond motifs is 1. The zero-order chi connectivity index (χ0) is 13.0. The third-order valence-electron chi connectivity index (χ3n) is 2.13. The molecular weight excluding hydrogens is 304 g/mol. The van der Waals surface area contributed by atoms with E-state index in [-0.39, 0.29) is 6.79 Å². The first-order valence-electron chi connectivity index (χ1n) is 5.25. The molecule has 0 fully saturated rings. The molecule has 96 valence electrons. The maximum atomic E-state index is 11.0. The van der Waals surface area contributed by atoms with E-state index in [2.05, 4.69) is 31.2 Å². The van der Waals surface area contributed by atoms with Crippen LogP contribution in [0.2, 0.25) is 0 Å². The Hall–Kier alpha value is -1.76. The minimum Gasteiger partial charge on any atom is -0.454 e. The zero-order valence-corrected chi connectivity index (χ0v) is 11.2. The summed E-state index contributed by atoms with van der Waals surface area (Å²) in [7, 11) is 0. The van der Waals surface area contributed by atoms with Gasteiger partial charge in [0.1, 0.15) is 0 Å². The van der Waals surface area contributed by atoms with Crippen molar-refractivity contribution in [1.29, 1.82) is 0 Å². The highest BCUT2D eigenvalue weighted by Gasteiger charge is 2.15. The summed E-state index contributed by atoms with van der Waals surface area (Å²) in [5.41, 5.74) is 3.00. The van der Waals surface area contributed by atoms with Gasteiger partial charge in [0.05, 0.1) is 12.8 Å². The molecule has 6 nitrogen and oxygen atoms in total. The molecule has 0 saturated heterocycles. The summed E-state index contributed by atoms with van der Waals surface area (Å²) in [6.45, 7) is 2.23. The molecule has 1 amide bonds. The highest BCUT2D eigenvalue weighted by molar-refractivity contribution is 9.10. The van der Waals surface area contributed by atoms with Gasteiger partial charge in [-0.2, -0.15) is 5.10 Å². The second-order valence-electron chi connectivity index (χ2n) is 3.32. The van der Waals surface area contributed by atoms with Crippen LogP contribution in [0.1, 0.15) is 12.5 Å². The quantitative estimate of drug-likeness (QED) is 0.686. The lowest BCUT2D eigenvalue weighted by atomic mass is 10.2. The van der Waals surface area contributed by atoms with Crippen LogP contribution < -0.4 is 14.9 Å². The number of hydrogen-bond donors (Lipinski definition) is 1. The van der Waals surface area contributed by atoms with Crippen molar-refractivity contribution < 1.29 is 19.0 Å². The van der Waals surface area contributed by atoms with Gasteiger partial charge < -0.3 is 14.2 Å². The highest BCUT2D eigenvalue weighted by atomic mass is 79.9. The number of carbonyl (C=O) groups is 1. The van der Waals surface area contributed by atoms with Crippen molar-refractivity contribution in [1.82, 2.24) is 5.43 Å². The summed E-state index contributed by atoms with van der Waals surface area (Å²) in [6.07, 6.45) is 0.897. The molecule has 1 aliphatic heterocycles. The van der Waals surface area contributed by atoms with Gasteiger partial charge in [-0.05, 0) is 35.0 Å². The van der Waals surface area contributed by atoms with Crippen molar-refractivity contribution in [2.24, 2.45) is 5.10 Å². The van der Waals surface area contributed by atoms with Gasteiger partial charge in [0.2, 0.25) is 6.79 Å². The van der Waals surface area contributed by atoms with Gasteiger partial charge >= 0.3 is 6.09 Å². The number of hydrazone groups is 1. The van der Waals surface area contributed by atoms with Gasteiger partial charge in [-0.3, -0.25) is 0 Å². The van der Waals surface area contributed by atoms with Crippen LogP contribution in [0, 0.1) is 0 Å². The maximum Gasteiger partial charge on any atom is 0.427 e. The molecule has 0 aromatic heterocycles. The molecule has 0 unspecified atom stereocenters. The third kappa shape index (κ3) is 2.92. The summed E-state index contributed by atoms with van der Waals surface area (Å²) in [5.74, 6) is 1.33. The smallest absolute Gasteiger partial charge is 0.427 e. The average molecular weight is 315 g/mol. The van der Waals surface area contributed by atoms with Crippen LogP contribution in [0.3, 0.4) is 0 Å². The van der Waals surface area contributed by atoms with Gasteiger partial charge in [-0.15, -0.1) is 0 Å². The molecule has 7 heteroatoms. The first kappa shape index (κ1) is 12.7. The van der Waals surface area contributed by atoms with Gasteiger partial charge in [-0.25, -0.2) is 10.2 Å². The van der Waals surface area contributed by atoms with E-state index in [4.69, 9.17) is 9.47 Å². The van der Waals surface area contributed by atoms with E-state index < -0.39 is 6.09 Å². The Morgan fingerprint density at radius 1 is 1.56 bits per heavy atom. The minimum atomic E-state index is -0.592. The first-order valence-corrected chi connectivity index (χ1v) is 6.05. The summed E-state index contributed by atoms with van der Waals surface area (Å²) in [6, 6.07) is 3.55. The summed E-state index contributed by atoms with van der Waals surface area (Å²) in [5, 5.41) is 3.77. The predicted molar refractivity (Wildman–Crippen MR) is 68.0 cm³/mol. The molecule has 1 aromatic carbocycles. The molecule has 1 heterocycles. The van der Waals surface area contributed by atoms with Crippen LogP contribution in [0.15, 0.2) is 21.7 Å². The zero-order valence-electron chi connectivity index (χ0n) is 9.60. The normalized spacial score (nSPS) is 12.8. The number of benzene rings is 1. The first-order chi connectivity index (χ1) is 8.70. The lowest BCUT2D eigenvalue weighted by Crippen LogP contribution is -2.18. The fourth-order valence-electron chi connectivity index (χ4n) is 1.35. The summed E-state index contributed by atoms with van der Waals surface area (Å²) in [4.78, 5) is 11.0. The minimum absolute atomic E-state index is 0.212. The number of carbonyl (C=O) groups excluding carboxylic acids is 1. The molecule has 18 heavy (non-hydrogen) atoms. The molecule has 0 radical (unpaired) electrons. The number of nitrogens with one attached hydrogen (secondary N) is 1. The van der Waals surface area contributed by atoms with E-state index in [0.717, 1.165) is 10.0 Å². The number of amides is 1. The standard InChI is InChI=1S/C11H11BrN2O4/c1-2-16-11(15)14-13-5-7-3-9-10(4-8(7)12)18-6-17-9/h3-5H,2,6H2,1H3,(H,14,15)/b13-5-. The molecular formula is C11H11BrN2O4. The molecule has 0 spiro atoms. The molecule has 1 N–H and O–H groups in total. The van der Waals surface area contributed by atoms with Crippen molar-refractivity contribution >= 4 is 28.2 Å². The van der Waals surface area contributed by atoms with Crippen LogP contribution >= 0.6 is 15.9 Å². The second-order valence-corrected chi connectivity index (χ2v) is 4.17. The summed E-state index contributed by atoms with van der Waals surface area (Å²) >= 11 is 3.38. The number of rotatable bonds is 3. The topological polar surface area (TPSA) is 69.2 Å². The predicted octanol–water partition coefficient (Wildman–Crippen LogP) is 2.26. The fraction of sp³-hybridized carbons (Fsp3) is 0.273. The van der Waals surface area contributed by atoms with Crippen LogP contribution in [0.4, 0.5) is 4.79 Å². The van der Waals surface area contributed by atoms with E-state index >= 15 is 0 Å². The van der Waals surface area contributed by atoms with E-state index in [1.807, 2.05) is 0 Å². The monoisotopic (exact) mass is 314 g/mol. The Bertz CT molecular complexity index is 490. The Labute approximate surface area is 112 Å². The third-order valence-corrected chi connectivity index (χ3v) is 2.81. The SMILES string of the molecule is CCOC(=O)N/N=C\c1cc2c(cc1Br)OCO2. The van der Waals surface area contributed by atoms with Gasteiger partial charge in [-0.1, -0.05) is 0 Å². The molecule has 2 rings (SSSR count). The molecule has 1 aromatic rings. The van der Waals surface area contributed by atoms with Crippen LogP contribution in [-0.2, 0) is 4.74 Å². The van der Waals surface area contributed by atoms with E-state index in [9.17, 15) is 4.79 Å². The number of hydrogen-bond acceptors (Lipinski definition) is 5. The van der Waals surface area contributed by atoms with Crippen molar-refractivity contribution in [2.45, 2.75) is 6.92 Å². The van der Waals surface area contributed by atoms with Gasteiger partial charge in [0.15, 0.2) is 11.5 Å². The molecule has 1 aliphatic rings. The largest absolute Gasteiger partial charge is 0.454 e. The second kappa shape index (κ2) is 5.72. The molecule has 0 atom stereocenters. The Morgan fingerprint density at radius 2 is 2.28 bits per heavy atom. The van der Waals surface area contributed by atoms with E-state index in [1.165, 1.54) is 6.21 Å². The van der Waals surface area contributed by atoms with E-state index in [1.54, 1.807) is 19.1 Å². The van der Waals surface area contributed by atoms with E-state index in [0.29, 0.717) is 18.1 Å². The maximum absolute atomic E-state index is 11.0. The van der Waals surface area contributed by atoms with Gasteiger partial charge in [0, 0.05) is 10.0 Å². The Morgan fingerprint density at radius 3 is 3.00 bits per heavy atom. The fourth-order valence-corrected chi connectivity index (χ4v) is 1.77. The number of halogens is 1. The number of nitrogens with zero attached hydrogens (tertiary/aromatic N) is 1. The molecule has 0 saturated carbocycles. The van der Waals surface area contributed by atoms with Gasteiger partial charge in [0.25, 0.3) is 0 Å². The Balaban J connectivity index is 2.05. The highest BCUT2D eigenvalue weighted by Crippen LogP contribution is 2.36. The van der Waals surface area contributed by atoms with Crippen LogP contribution in [0.5, 0.6) is 11.5 Å². The lowest BCUT2D eigenvalue weighted by Gasteiger charge is -2.02. The lowest BCUT2D eigenvalue weighted by molar-refractivity contribution is 0.152. The van der Waals surface area contributed by atoms with Crippen LogP contribution in [-0.4, -0.2) is 25.7 Å². The van der Waals surface area contributed by atoms with Crippen LogP contribution in [0.25, 0.3) is 0 Å². The van der Waals surface area contributed by atoms with Crippen molar-refractivity contribution in [3.05, 3.63) is 22.2 Å². The van der Waals surface area contributed by atoms with Crippen molar-refractivity contribution in [3.63, 3.8) is 0 Å². The van der Waals surface area contributed by atoms with Crippen molar-refractivity contribution in [2.75, 3.05) is 13.4 Å². The summed E-state index contributed by atoms with van der Waals surface area (Å²) < 4.78 is 15.9. The molecule has 0 aliphatic carbocycles. The Kier molecular flexibility index (Phi) is 4.03.